The van der Waals surface area contributed by atoms with Crippen LogP contribution in [0, 0.1) is 10.1 Å². The predicted octanol–water partition coefficient (Wildman–Crippen LogP) is 1.53. The lowest BCUT2D eigenvalue weighted by atomic mass is 10.2. The van der Waals surface area contributed by atoms with E-state index >= 15 is 0 Å². The zero-order valence-corrected chi connectivity index (χ0v) is 11.2. The third kappa shape index (κ3) is 3.03. The summed E-state index contributed by atoms with van der Waals surface area (Å²) in [6, 6.07) is 1.18. The van der Waals surface area contributed by atoms with Crippen LogP contribution in [0.4, 0.5) is 16.5 Å². The highest BCUT2D eigenvalue weighted by molar-refractivity contribution is 7.10. The Bertz CT molecular complexity index is 630. The van der Waals surface area contributed by atoms with E-state index in [-0.39, 0.29) is 17.1 Å². The van der Waals surface area contributed by atoms with Crippen LogP contribution in [0.3, 0.4) is 0 Å². The zero-order chi connectivity index (χ0) is 14.5. The van der Waals surface area contributed by atoms with Gasteiger partial charge in [0.05, 0.1) is 16.7 Å². The molecule has 0 bridgehead atoms. The van der Waals surface area contributed by atoms with Gasteiger partial charge in [-0.15, -0.1) is 5.10 Å². The Morgan fingerprint density at radius 1 is 1.50 bits per heavy atom. The van der Waals surface area contributed by atoms with Crippen LogP contribution in [0.5, 0.6) is 0 Å². The van der Waals surface area contributed by atoms with Crippen molar-refractivity contribution >= 4 is 33.9 Å². The van der Waals surface area contributed by atoms with Gasteiger partial charge in [0, 0.05) is 24.1 Å². The molecule has 2 rings (SSSR count). The molecule has 9 nitrogen and oxygen atoms in total. The van der Waals surface area contributed by atoms with Crippen molar-refractivity contribution in [3.05, 3.63) is 34.1 Å². The summed E-state index contributed by atoms with van der Waals surface area (Å²) in [6.45, 7) is 2.37. The third-order valence-electron chi connectivity index (χ3n) is 2.27. The molecule has 0 spiro atoms. The summed E-state index contributed by atoms with van der Waals surface area (Å²) in [5.41, 5.74) is -0.159. The van der Waals surface area contributed by atoms with Crippen LogP contribution in [0.25, 0.3) is 0 Å². The van der Waals surface area contributed by atoms with Gasteiger partial charge in [-0.3, -0.25) is 14.9 Å². The first-order valence-corrected chi connectivity index (χ1v) is 6.36. The van der Waals surface area contributed by atoms with Crippen molar-refractivity contribution in [2.24, 2.45) is 0 Å². The molecule has 0 aliphatic carbocycles. The minimum Gasteiger partial charge on any atom is -0.370 e. The van der Waals surface area contributed by atoms with Gasteiger partial charge in [0.15, 0.2) is 0 Å². The Morgan fingerprint density at radius 2 is 2.30 bits per heavy atom. The molecule has 10 heteroatoms. The summed E-state index contributed by atoms with van der Waals surface area (Å²) in [5, 5.41) is 20.2. The van der Waals surface area contributed by atoms with Crippen molar-refractivity contribution in [3.63, 3.8) is 0 Å². The quantitative estimate of drug-likeness (QED) is 0.633. The molecule has 0 radical (unpaired) electrons. The van der Waals surface area contributed by atoms with Gasteiger partial charge >= 0.3 is 0 Å². The van der Waals surface area contributed by atoms with Crippen LogP contribution in [-0.2, 0) is 0 Å². The van der Waals surface area contributed by atoms with E-state index in [1.165, 1.54) is 12.3 Å². The molecule has 2 N–H and O–H groups in total. The van der Waals surface area contributed by atoms with Crippen LogP contribution >= 0.6 is 11.5 Å². The number of nitro groups is 1. The molecule has 20 heavy (non-hydrogen) atoms. The van der Waals surface area contributed by atoms with Gasteiger partial charge in [-0.25, -0.2) is 4.98 Å². The van der Waals surface area contributed by atoms with Crippen LogP contribution in [0.1, 0.15) is 17.3 Å². The van der Waals surface area contributed by atoms with Gasteiger partial charge in [-0.05, 0) is 6.92 Å². The first kappa shape index (κ1) is 13.8. The number of pyridine rings is 1. The molecule has 104 valence electrons. The molecule has 2 aromatic heterocycles. The number of carbonyl (C=O) groups is 1. The number of anilines is 2. The predicted molar refractivity (Wildman–Crippen MR) is 72.9 cm³/mol. The van der Waals surface area contributed by atoms with Gasteiger partial charge in [-0.1, -0.05) is 4.49 Å². The Labute approximate surface area is 117 Å². The lowest BCUT2D eigenvalue weighted by Crippen LogP contribution is -2.15. The number of hydrogen-bond acceptors (Lipinski definition) is 8. The molecule has 0 atom stereocenters. The SMILES string of the molecule is CCNc1ncc([N+](=O)[O-])cc1C(=O)Nc1cnns1. The molecule has 0 unspecified atom stereocenters. The Morgan fingerprint density at radius 3 is 2.90 bits per heavy atom. The second-order valence-electron chi connectivity index (χ2n) is 3.61. The molecule has 0 fully saturated rings. The van der Waals surface area contributed by atoms with E-state index in [1.54, 1.807) is 0 Å². The number of rotatable bonds is 5. The van der Waals surface area contributed by atoms with E-state index in [0.29, 0.717) is 11.5 Å². The summed E-state index contributed by atoms with van der Waals surface area (Å²) in [6.07, 6.45) is 2.49. The zero-order valence-electron chi connectivity index (χ0n) is 10.4. The largest absolute Gasteiger partial charge is 0.370 e. The number of amides is 1. The van der Waals surface area contributed by atoms with Crippen molar-refractivity contribution in [2.45, 2.75) is 6.92 Å². The Kier molecular flexibility index (Phi) is 4.15. The van der Waals surface area contributed by atoms with Crippen LogP contribution in [0.15, 0.2) is 18.5 Å². The summed E-state index contributed by atoms with van der Waals surface area (Å²) in [4.78, 5) is 26.2. The van der Waals surface area contributed by atoms with Gasteiger partial charge in [0.25, 0.3) is 11.6 Å². The Balaban J connectivity index is 2.33. The second-order valence-corrected chi connectivity index (χ2v) is 4.40. The van der Waals surface area contributed by atoms with E-state index in [9.17, 15) is 14.9 Å². The van der Waals surface area contributed by atoms with E-state index < -0.39 is 10.8 Å². The lowest BCUT2D eigenvalue weighted by molar-refractivity contribution is -0.385. The topological polar surface area (TPSA) is 123 Å². The van der Waals surface area contributed by atoms with Gasteiger partial charge in [0.1, 0.15) is 17.0 Å². The molecular weight excluding hydrogens is 284 g/mol. The van der Waals surface area contributed by atoms with Crippen molar-refractivity contribution in [3.8, 4) is 0 Å². The van der Waals surface area contributed by atoms with E-state index in [4.69, 9.17) is 0 Å². The van der Waals surface area contributed by atoms with Gasteiger partial charge in [0.2, 0.25) is 0 Å². The lowest BCUT2D eigenvalue weighted by Gasteiger charge is -2.08. The fraction of sp³-hybridized carbons (Fsp3) is 0.200. The first-order chi connectivity index (χ1) is 9.61. The number of hydrogen-bond donors (Lipinski definition) is 2. The molecule has 0 saturated carbocycles. The summed E-state index contributed by atoms with van der Waals surface area (Å²) < 4.78 is 3.61. The van der Waals surface area contributed by atoms with Crippen molar-refractivity contribution in [2.75, 3.05) is 17.2 Å². The monoisotopic (exact) mass is 294 g/mol. The van der Waals surface area contributed by atoms with Crippen molar-refractivity contribution in [1.82, 2.24) is 14.6 Å². The smallest absolute Gasteiger partial charge is 0.288 e. The van der Waals surface area contributed by atoms with Crippen LogP contribution in [-0.4, -0.2) is 31.9 Å². The van der Waals surface area contributed by atoms with E-state index in [1.807, 2.05) is 6.92 Å². The van der Waals surface area contributed by atoms with Gasteiger partial charge in [-0.2, -0.15) is 0 Å². The fourth-order valence-electron chi connectivity index (χ4n) is 1.44. The average molecular weight is 294 g/mol. The van der Waals surface area contributed by atoms with E-state index in [0.717, 1.165) is 17.7 Å². The molecule has 2 aromatic rings. The highest BCUT2D eigenvalue weighted by Gasteiger charge is 2.18. The highest BCUT2D eigenvalue weighted by Crippen LogP contribution is 2.21. The normalized spacial score (nSPS) is 10.1. The molecule has 1 amide bonds. The van der Waals surface area contributed by atoms with Crippen molar-refractivity contribution < 1.29 is 9.72 Å². The standard InChI is InChI=1S/C10H10N6O3S/c1-2-11-9-7(3-6(4-12-9)16(18)19)10(17)14-8-5-13-15-20-8/h3-5H,2H2,1H3,(H,11,12)(H,14,17). The van der Waals surface area contributed by atoms with Crippen LogP contribution in [0.2, 0.25) is 0 Å². The third-order valence-corrected chi connectivity index (χ3v) is 2.85. The molecular formula is C10H10N6O3S. The second kappa shape index (κ2) is 6.02. The van der Waals surface area contributed by atoms with Gasteiger partial charge < -0.3 is 10.6 Å². The number of aromatic nitrogens is 3. The molecule has 0 aromatic carbocycles. The Hall–Kier alpha value is -2.62. The number of nitrogens with zero attached hydrogens (tertiary/aromatic N) is 4. The molecule has 0 saturated heterocycles. The summed E-state index contributed by atoms with van der Waals surface area (Å²) in [7, 11) is 0. The van der Waals surface area contributed by atoms with Crippen molar-refractivity contribution in [1.29, 1.82) is 0 Å². The molecule has 2 heterocycles. The minimum absolute atomic E-state index is 0.0921. The summed E-state index contributed by atoms with van der Waals surface area (Å²) >= 11 is 1.01. The van der Waals surface area contributed by atoms with E-state index in [2.05, 4.69) is 25.2 Å². The number of nitrogens with one attached hydrogen (secondary N) is 2. The summed E-state index contributed by atoms with van der Waals surface area (Å²) in [5.74, 6) is -0.226. The maximum Gasteiger partial charge on any atom is 0.288 e. The maximum atomic E-state index is 12.1. The first-order valence-electron chi connectivity index (χ1n) is 5.58. The molecule has 0 aliphatic rings. The minimum atomic E-state index is -0.603. The maximum absolute atomic E-state index is 12.1. The number of carbonyl (C=O) groups excluding carboxylic acids is 1. The fourth-order valence-corrected chi connectivity index (χ4v) is 1.85. The molecule has 0 aliphatic heterocycles. The highest BCUT2D eigenvalue weighted by atomic mass is 32.1. The average Bonchev–Trinajstić information content (AvgIpc) is 2.92. The van der Waals surface area contributed by atoms with Crippen LogP contribution < -0.4 is 10.6 Å².